The van der Waals surface area contributed by atoms with E-state index < -0.39 is 0 Å². The zero-order valence-electron chi connectivity index (χ0n) is 22.3. The first-order valence-electron chi connectivity index (χ1n) is 13.3. The summed E-state index contributed by atoms with van der Waals surface area (Å²) in [6.07, 6.45) is 0. The van der Waals surface area contributed by atoms with E-state index >= 15 is 0 Å². The van der Waals surface area contributed by atoms with Crippen molar-refractivity contribution in [3.05, 3.63) is 0 Å². The summed E-state index contributed by atoms with van der Waals surface area (Å²) in [6, 6.07) is 0. The molecule has 2 aliphatic heterocycles. The van der Waals surface area contributed by atoms with Gasteiger partial charge >= 0.3 is 0 Å². The molecule has 0 atom stereocenters. The SMILES string of the molecule is C1COCCOCCS(=N[S+]2CCOCCOCCOCCOCCOCC2)CCOCCOCCO1. The van der Waals surface area contributed by atoms with Crippen LogP contribution in [0.3, 0.4) is 0 Å². The van der Waals surface area contributed by atoms with Crippen LogP contribution >= 0.6 is 0 Å². The van der Waals surface area contributed by atoms with Crippen LogP contribution in [0.5, 0.6) is 0 Å². The van der Waals surface area contributed by atoms with Crippen molar-refractivity contribution >= 4 is 21.8 Å². The van der Waals surface area contributed by atoms with Crippen molar-refractivity contribution in [1.29, 1.82) is 0 Å². The van der Waals surface area contributed by atoms with Crippen molar-refractivity contribution in [1.82, 2.24) is 0 Å². The molecule has 2 rings (SSSR count). The Labute approximate surface area is 228 Å². The molecule has 0 saturated carbocycles. The van der Waals surface area contributed by atoms with Crippen LogP contribution in [0.25, 0.3) is 0 Å². The molecule has 11 nitrogen and oxygen atoms in total. The Balaban J connectivity index is 1.85. The highest BCUT2D eigenvalue weighted by Crippen LogP contribution is 2.06. The Morgan fingerprint density at radius 2 is 0.568 bits per heavy atom. The van der Waals surface area contributed by atoms with Gasteiger partial charge in [0.25, 0.3) is 0 Å². The van der Waals surface area contributed by atoms with E-state index in [4.69, 9.17) is 51.1 Å². The Morgan fingerprint density at radius 1 is 0.324 bits per heavy atom. The minimum absolute atomic E-state index is 0.162. The maximum absolute atomic E-state index is 5.81. The van der Waals surface area contributed by atoms with Crippen LogP contribution in [0, 0.1) is 0 Å². The monoisotopic (exact) mass is 574 g/mol. The maximum Gasteiger partial charge on any atom is 0.159 e. The molecule has 0 aromatic carbocycles. The number of hydrogen-bond acceptors (Lipinski definition) is 11. The number of ether oxygens (including phenoxy) is 10. The summed E-state index contributed by atoms with van der Waals surface area (Å²) in [7, 11) is -0.162. The van der Waals surface area contributed by atoms with Gasteiger partial charge in [-0.1, -0.05) is 0 Å². The number of nitrogens with zero attached hydrogens (tertiary/aromatic N) is 1. The molecule has 0 aliphatic carbocycles. The Morgan fingerprint density at radius 3 is 0.865 bits per heavy atom. The molecule has 2 heterocycles. The Kier molecular flexibility index (Phi) is 23.7. The zero-order valence-corrected chi connectivity index (χ0v) is 23.9. The molecule has 0 radical (unpaired) electrons. The molecular formula is C24H48NO10S2+. The first-order chi connectivity index (χ1) is 18.4. The molecule has 0 N–H and O–H groups in total. The van der Waals surface area contributed by atoms with Gasteiger partial charge in [-0.15, -0.1) is 0 Å². The molecule has 2 aliphatic rings. The van der Waals surface area contributed by atoms with Crippen LogP contribution in [-0.2, 0) is 69.1 Å². The van der Waals surface area contributed by atoms with Crippen LogP contribution in [0.15, 0.2) is 3.77 Å². The van der Waals surface area contributed by atoms with E-state index in [-0.39, 0.29) is 21.8 Å². The molecule has 0 aromatic heterocycles. The van der Waals surface area contributed by atoms with Crippen LogP contribution in [0.4, 0.5) is 0 Å². The molecule has 2 fully saturated rings. The highest BCUT2D eigenvalue weighted by molar-refractivity contribution is 8.03. The molecule has 2 saturated heterocycles. The lowest BCUT2D eigenvalue weighted by atomic mass is 10.7. The van der Waals surface area contributed by atoms with Gasteiger partial charge in [0.2, 0.25) is 0 Å². The molecule has 0 amide bonds. The van der Waals surface area contributed by atoms with Gasteiger partial charge in [-0.2, -0.15) is 0 Å². The van der Waals surface area contributed by atoms with Gasteiger partial charge < -0.3 is 47.4 Å². The van der Waals surface area contributed by atoms with Gasteiger partial charge in [-0.05, 0) is 14.5 Å². The third kappa shape index (κ3) is 21.6. The molecule has 13 heteroatoms. The highest BCUT2D eigenvalue weighted by Gasteiger charge is 2.20. The zero-order chi connectivity index (χ0) is 25.9. The van der Waals surface area contributed by atoms with E-state index in [1.807, 2.05) is 0 Å². The summed E-state index contributed by atoms with van der Waals surface area (Å²) < 4.78 is 61.6. The van der Waals surface area contributed by atoms with E-state index in [1.54, 1.807) is 0 Å². The van der Waals surface area contributed by atoms with Crippen molar-refractivity contribution in [3.63, 3.8) is 0 Å². The normalized spacial score (nSPS) is 25.2. The van der Waals surface area contributed by atoms with Crippen molar-refractivity contribution in [2.75, 3.05) is 155 Å². The van der Waals surface area contributed by atoms with E-state index in [1.165, 1.54) is 0 Å². The molecule has 0 bridgehead atoms. The van der Waals surface area contributed by atoms with Crippen molar-refractivity contribution < 1.29 is 47.4 Å². The Hall–Kier alpha value is 0.100. The fraction of sp³-hybridized carbons (Fsp3) is 1.00. The van der Waals surface area contributed by atoms with Crippen molar-refractivity contribution in [2.24, 2.45) is 3.77 Å². The second kappa shape index (κ2) is 26.3. The summed E-state index contributed by atoms with van der Waals surface area (Å²) in [5, 5.41) is 0. The summed E-state index contributed by atoms with van der Waals surface area (Å²) in [5.74, 6) is 3.49. The largest absolute Gasteiger partial charge is 0.378 e. The molecule has 37 heavy (non-hydrogen) atoms. The predicted octanol–water partition coefficient (Wildman–Crippen LogP) is 0.515. The number of hydrogen-bond donors (Lipinski definition) is 0. The lowest BCUT2D eigenvalue weighted by Gasteiger charge is -2.12. The van der Waals surface area contributed by atoms with Crippen LogP contribution in [0.1, 0.15) is 0 Å². The standard InChI is InChI=1S/C24H48NO10S2/c1-5-28-9-13-32-17-21-36(22-18-33-14-10-29-6-2-26-1)25-37-23-19-34-15-11-30-7-3-27-4-8-31-12-16-35-20-24-37/h1-24H2/q+1. The maximum atomic E-state index is 5.81. The summed E-state index contributed by atoms with van der Waals surface area (Å²) in [6.45, 7) is 11.6. The van der Waals surface area contributed by atoms with Crippen LogP contribution in [-0.4, -0.2) is 155 Å². The van der Waals surface area contributed by atoms with E-state index in [9.17, 15) is 0 Å². The van der Waals surface area contributed by atoms with Gasteiger partial charge in [0.05, 0.1) is 132 Å². The fourth-order valence-electron chi connectivity index (χ4n) is 3.09. The van der Waals surface area contributed by atoms with E-state index in [0.29, 0.717) is 132 Å². The molecule has 0 spiro atoms. The first kappa shape index (κ1) is 33.3. The average molecular weight is 575 g/mol. The second-order valence-electron chi connectivity index (χ2n) is 7.94. The quantitative estimate of drug-likeness (QED) is 0.412. The summed E-state index contributed by atoms with van der Waals surface area (Å²) in [4.78, 5) is 0. The van der Waals surface area contributed by atoms with Gasteiger partial charge in [0, 0.05) is 11.5 Å². The topological polar surface area (TPSA) is 105 Å². The van der Waals surface area contributed by atoms with Crippen LogP contribution in [0.2, 0.25) is 0 Å². The first-order valence-corrected chi connectivity index (χ1v) is 16.3. The highest BCUT2D eigenvalue weighted by atomic mass is 32.2. The third-order valence-electron chi connectivity index (χ3n) is 5.04. The summed E-state index contributed by atoms with van der Waals surface area (Å²) in [5.41, 5.74) is 0. The van der Waals surface area contributed by atoms with Gasteiger partial charge in [0.1, 0.15) is 11.1 Å². The molecule has 0 unspecified atom stereocenters. The van der Waals surface area contributed by atoms with Crippen molar-refractivity contribution in [3.8, 4) is 0 Å². The predicted molar refractivity (Wildman–Crippen MR) is 145 cm³/mol. The van der Waals surface area contributed by atoms with Gasteiger partial charge in [0.15, 0.2) is 11.5 Å². The van der Waals surface area contributed by atoms with E-state index in [0.717, 1.165) is 23.0 Å². The lowest BCUT2D eigenvalue weighted by molar-refractivity contribution is -0.00948. The fourth-order valence-corrected chi connectivity index (χ4v) is 7.12. The van der Waals surface area contributed by atoms with E-state index in [2.05, 4.69) is 0 Å². The van der Waals surface area contributed by atoms with Crippen LogP contribution < -0.4 is 0 Å². The molecule has 220 valence electrons. The lowest BCUT2D eigenvalue weighted by Crippen LogP contribution is -2.23. The molecule has 0 aromatic rings. The Bertz CT molecular complexity index is 498. The molecular weight excluding hydrogens is 526 g/mol. The average Bonchev–Trinajstić information content (AvgIpc) is 2.90. The minimum atomic E-state index is -0.162. The second-order valence-corrected chi connectivity index (χ2v) is 12.0. The van der Waals surface area contributed by atoms with Gasteiger partial charge in [-0.3, -0.25) is 0 Å². The summed E-state index contributed by atoms with van der Waals surface area (Å²) >= 11 is -0.162. The minimum Gasteiger partial charge on any atom is -0.378 e. The van der Waals surface area contributed by atoms with Crippen molar-refractivity contribution in [2.45, 2.75) is 0 Å². The smallest absolute Gasteiger partial charge is 0.159 e. The third-order valence-corrected chi connectivity index (χ3v) is 9.28. The number of rotatable bonds is 1. The van der Waals surface area contributed by atoms with Gasteiger partial charge in [-0.25, -0.2) is 0 Å².